The molecule has 0 N–H and O–H groups in total. The Labute approximate surface area is 121 Å². The molecule has 6 nitrogen and oxygen atoms in total. The first kappa shape index (κ1) is 14.3. The molecule has 0 aliphatic carbocycles. The van der Waals surface area contributed by atoms with Gasteiger partial charge in [0.25, 0.3) is 5.69 Å². The van der Waals surface area contributed by atoms with Crippen molar-refractivity contribution in [2.24, 2.45) is 0 Å². The number of ether oxygens (including phenoxy) is 2. The van der Waals surface area contributed by atoms with E-state index in [0.29, 0.717) is 17.2 Å². The summed E-state index contributed by atoms with van der Waals surface area (Å²) in [4.78, 5) is 10.1. The van der Waals surface area contributed by atoms with Crippen LogP contribution in [0.4, 0.5) is 5.69 Å². The highest BCUT2D eigenvalue weighted by atomic mass is 16.6. The van der Waals surface area contributed by atoms with Gasteiger partial charge in [-0.3, -0.25) is 10.1 Å². The molecule has 2 aromatic carbocycles. The summed E-state index contributed by atoms with van der Waals surface area (Å²) in [5, 5.41) is 19.3. The van der Waals surface area contributed by atoms with Crippen LogP contribution < -0.4 is 9.47 Å². The Morgan fingerprint density at radius 2 is 1.81 bits per heavy atom. The lowest BCUT2D eigenvalue weighted by Crippen LogP contribution is -2.07. The fourth-order valence-electron chi connectivity index (χ4n) is 1.61. The highest BCUT2D eigenvalue weighted by molar-refractivity contribution is 5.40. The molecular weight excluding hydrogens is 272 g/mol. The van der Waals surface area contributed by atoms with Crippen LogP contribution in [0.25, 0.3) is 0 Å². The number of rotatable bonds is 5. The molecule has 0 saturated heterocycles. The lowest BCUT2D eigenvalue weighted by molar-refractivity contribution is -0.384. The standard InChI is InChI=1S/C15H12N2O4/c1-11(10-16)20-14-3-2-4-15(9-14)21-13-7-5-12(6-8-13)17(18)19/h2-9,11H,1H3. The van der Waals surface area contributed by atoms with Crippen LogP contribution in [-0.4, -0.2) is 11.0 Å². The van der Waals surface area contributed by atoms with Gasteiger partial charge in [0.15, 0.2) is 6.10 Å². The van der Waals surface area contributed by atoms with Gasteiger partial charge >= 0.3 is 0 Å². The van der Waals surface area contributed by atoms with E-state index in [1.54, 1.807) is 31.2 Å². The maximum Gasteiger partial charge on any atom is 0.269 e. The zero-order valence-electron chi connectivity index (χ0n) is 11.2. The molecular formula is C15H12N2O4. The molecule has 0 fully saturated rings. The second-order valence-electron chi connectivity index (χ2n) is 4.22. The molecule has 106 valence electrons. The van der Waals surface area contributed by atoms with Crippen LogP contribution in [0, 0.1) is 21.4 Å². The van der Waals surface area contributed by atoms with Gasteiger partial charge in [0, 0.05) is 18.2 Å². The largest absolute Gasteiger partial charge is 0.476 e. The molecule has 2 rings (SSSR count). The minimum atomic E-state index is -0.556. The molecule has 0 heterocycles. The van der Waals surface area contributed by atoms with E-state index in [-0.39, 0.29) is 5.69 Å². The molecule has 0 saturated carbocycles. The van der Waals surface area contributed by atoms with Gasteiger partial charge in [-0.25, -0.2) is 0 Å². The molecule has 0 bridgehead atoms. The van der Waals surface area contributed by atoms with E-state index in [1.165, 1.54) is 24.3 Å². The quantitative estimate of drug-likeness (QED) is 0.617. The van der Waals surface area contributed by atoms with E-state index in [2.05, 4.69) is 0 Å². The minimum Gasteiger partial charge on any atom is -0.476 e. The summed E-state index contributed by atoms with van der Waals surface area (Å²) >= 11 is 0. The molecule has 0 spiro atoms. The summed E-state index contributed by atoms with van der Waals surface area (Å²) < 4.78 is 10.9. The predicted octanol–water partition coefficient (Wildman–Crippen LogP) is 3.68. The molecule has 0 aliphatic rings. The molecule has 2 aromatic rings. The van der Waals surface area contributed by atoms with Crippen LogP contribution in [-0.2, 0) is 0 Å². The summed E-state index contributed by atoms with van der Waals surface area (Å²) in [6, 6.07) is 14.6. The smallest absolute Gasteiger partial charge is 0.269 e. The number of nitro benzene ring substituents is 1. The Morgan fingerprint density at radius 3 is 2.43 bits per heavy atom. The van der Waals surface area contributed by atoms with E-state index in [9.17, 15) is 10.1 Å². The number of nitriles is 1. The summed E-state index contributed by atoms with van der Waals surface area (Å²) in [5.74, 6) is 1.51. The third kappa shape index (κ3) is 3.94. The fourth-order valence-corrected chi connectivity index (χ4v) is 1.61. The first-order valence-corrected chi connectivity index (χ1v) is 6.17. The first-order valence-electron chi connectivity index (χ1n) is 6.17. The van der Waals surface area contributed by atoms with Crippen LogP contribution in [0.2, 0.25) is 0 Å². The van der Waals surface area contributed by atoms with Crippen LogP contribution >= 0.6 is 0 Å². The van der Waals surface area contributed by atoms with Gasteiger partial charge < -0.3 is 9.47 Å². The van der Waals surface area contributed by atoms with Crippen molar-refractivity contribution in [1.29, 1.82) is 5.26 Å². The Bertz CT molecular complexity index is 677. The van der Waals surface area contributed by atoms with Gasteiger partial charge in [-0.2, -0.15) is 5.26 Å². The number of nitro groups is 1. The number of benzene rings is 2. The zero-order chi connectivity index (χ0) is 15.2. The van der Waals surface area contributed by atoms with Gasteiger partial charge in [-0.1, -0.05) is 6.07 Å². The van der Waals surface area contributed by atoms with Crippen LogP contribution in [0.5, 0.6) is 17.2 Å². The van der Waals surface area contributed by atoms with Gasteiger partial charge in [-0.15, -0.1) is 0 Å². The van der Waals surface area contributed by atoms with Crippen molar-refractivity contribution in [3.8, 4) is 23.3 Å². The van der Waals surface area contributed by atoms with E-state index in [4.69, 9.17) is 14.7 Å². The van der Waals surface area contributed by atoms with E-state index < -0.39 is 11.0 Å². The average molecular weight is 284 g/mol. The lowest BCUT2D eigenvalue weighted by atomic mass is 10.3. The van der Waals surface area contributed by atoms with Crippen LogP contribution in [0.15, 0.2) is 48.5 Å². The van der Waals surface area contributed by atoms with Gasteiger partial charge in [-0.05, 0) is 31.2 Å². The number of non-ortho nitro benzene ring substituents is 1. The van der Waals surface area contributed by atoms with Crippen molar-refractivity contribution in [3.05, 3.63) is 58.6 Å². The summed E-state index contributed by atoms with van der Waals surface area (Å²) in [5.41, 5.74) is 0.00211. The molecule has 0 aromatic heterocycles. The van der Waals surface area contributed by atoms with Crippen molar-refractivity contribution >= 4 is 5.69 Å². The van der Waals surface area contributed by atoms with Gasteiger partial charge in [0.1, 0.15) is 23.3 Å². The molecule has 0 aliphatic heterocycles. The highest BCUT2D eigenvalue weighted by Gasteiger charge is 2.06. The molecule has 6 heteroatoms. The third-order valence-electron chi connectivity index (χ3n) is 2.58. The molecule has 21 heavy (non-hydrogen) atoms. The van der Waals surface area contributed by atoms with Crippen molar-refractivity contribution in [3.63, 3.8) is 0 Å². The normalized spacial score (nSPS) is 11.2. The summed E-state index contributed by atoms with van der Waals surface area (Å²) in [6.07, 6.45) is -0.556. The number of hydrogen-bond acceptors (Lipinski definition) is 5. The molecule has 0 radical (unpaired) electrons. The van der Waals surface area contributed by atoms with Crippen molar-refractivity contribution in [1.82, 2.24) is 0 Å². The first-order chi connectivity index (χ1) is 10.1. The summed E-state index contributed by atoms with van der Waals surface area (Å²) in [7, 11) is 0. The maximum absolute atomic E-state index is 10.6. The zero-order valence-corrected chi connectivity index (χ0v) is 11.2. The van der Waals surface area contributed by atoms with E-state index in [1.807, 2.05) is 6.07 Å². The molecule has 1 unspecified atom stereocenters. The van der Waals surface area contributed by atoms with Gasteiger partial charge in [0.05, 0.1) is 4.92 Å². The summed E-state index contributed by atoms with van der Waals surface area (Å²) in [6.45, 7) is 1.64. The predicted molar refractivity (Wildman–Crippen MR) is 75.3 cm³/mol. The van der Waals surface area contributed by atoms with Crippen LogP contribution in [0.1, 0.15) is 6.92 Å². The van der Waals surface area contributed by atoms with E-state index >= 15 is 0 Å². The Kier molecular flexibility index (Phi) is 4.36. The van der Waals surface area contributed by atoms with Crippen molar-refractivity contribution < 1.29 is 14.4 Å². The van der Waals surface area contributed by atoms with Crippen LogP contribution in [0.3, 0.4) is 0 Å². The van der Waals surface area contributed by atoms with Crippen molar-refractivity contribution in [2.75, 3.05) is 0 Å². The van der Waals surface area contributed by atoms with E-state index in [0.717, 1.165) is 0 Å². The topological polar surface area (TPSA) is 85.4 Å². The minimum absolute atomic E-state index is 0.00211. The Hall–Kier alpha value is -3.07. The number of hydrogen-bond donors (Lipinski definition) is 0. The molecule has 1 atom stereocenters. The highest BCUT2D eigenvalue weighted by Crippen LogP contribution is 2.27. The second kappa shape index (κ2) is 6.39. The SMILES string of the molecule is CC(C#N)Oc1cccc(Oc2ccc([N+](=O)[O-])cc2)c1. The lowest BCUT2D eigenvalue weighted by Gasteiger charge is -2.10. The van der Waals surface area contributed by atoms with Gasteiger partial charge in [0.2, 0.25) is 0 Å². The fraction of sp³-hybridized carbons (Fsp3) is 0.133. The van der Waals surface area contributed by atoms with Crippen molar-refractivity contribution in [2.45, 2.75) is 13.0 Å². The number of nitrogens with zero attached hydrogens (tertiary/aromatic N) is 2. The Morgan fingerprint density at radius 1 is 1.14 bits per heavy atom. The molecule has 0 amide bonds. The second-order valence-corrected chi connectivity index (χ2v) is 4.22. The maximum atomic E-state index is 10.6. The average Bonchev–Trinajstić information content (AvgIpc) is 2.48. The Balaban J connectivity index is 2.10. The third-order valence-corrected chi connectivity index (χ3v) is 2.58. The monoisotopic (exact) mass is 284 g/mol.